The van der Waals surface area contributed by atoms with Gasteiger partial charge in [0.1, 0.15) is 0 Å². The molecule has 0 saturated heterocycles. The molecule has 3 aromatic rings. The van der Waals surface area contributed by atoms with Crippen LogP contribution in [0.3, 0.4) is 0 Å². The molecule has 31 heavy (non-hydrogen) atoms. The van der Waals surface area contributed by atoms with E-state index in [9.17, 15) is 19.2 Å². The van der Waals surface area contributed by atoms with Gasteiger partial charge in [-0.05, 0) is 26.0 Å². The minimum atomic E-state index is -0.567. The summed E-state index contributed by atoms with van der Waals surface area (Å²) in [4.78, 5) is 56.7. The van der Waals surface area contributed by atoms with Gasteiger partial charge in [-0.15, -0.1) is 34.0 Å². The Kier molecular flexibility index (Phi) is 7.44. The third-order valence-corrected chi connectivity index (χ3v) is 6.07. The number of nitrogens with zero attached hydrogens (tertiary/aromatic N) is 2. The van der Waals surface area contributed by atoms with Crippen LogP contribution in [-0.2, 0) is 9.47 Å². The number of aromatic nitrogens is 2. The molecule has 0 aliphatic rings. The molecular weight excluding hydrogens is 464 g/mol. The lowest BCUT2D eigenvalue weighted by Gasteiger charge is -2.00. The van der Waals surface area contributed by atoms with Crippen LogP contribution in [0.2, 0.25) is 0 Å². The summed E-state index contributed by atoms with van der Waals surface area (Å²) < 4.78 is 9.71. The summed E-state index contributed by atoms with van der Waals surface area (Å²) in [6.45, 7) is 3.82. The van der Waals surface area contributed by atoms with E-state index in [0.29, 0.717) is 0 Å². The van der Waals surface area contributed by atoms with Crippen LogP contribution in [0.5, 0.6) is 0 Å². The summed E-state index contributed by atoms with van der Waals surface area (Å²) in [5.41, 5.74) is 0.220. The highest BCUT2D eigenvalue weighted by atomic mass is 32.1. The van der Waals surface area contributed by atoms with E-state index in [1.165, 1.54) is 22.9 Å². The Morgan fingerprint density at radius 2 is 1.23 bits per heavy atom. The minimum absolute atomic E-state index is 0.110. The molecule has 0 unspecified atom stereocenters. The molecule has 0 spiro atoms. The highest BCUT2D eigenvalue weighted by Crippen LogP contribution is 2.23. The normalized spacial score (nSPS) is 10.4. The van der Waals surface area contributed by atoms with E-state index in [4.69, 9.17) is 9.47 Å². The first-order valence-corrected chi connectivity index (χ1v) is 11.5. The third-order valence-electron chi connectivity index (χ3n) is 3.47. The fraction of sp³-hybridized carbons (Fsp3) is 0.222. The Bertz CT molecular complexity index is 1030. The van der Waals surface area contributed by atoms with Gasteiger partial charge in [0.15, 0.2) is 21.7 Å². The lowest BCUT2D eigenvalue weighted by atomic mass is 10.4. The SMILES string of the molecule is CCOC(=O)c1csc(NC(=O)c2ccc(C(=O)Nc3nc(C(=O)OCC)cs3)s2)n1. The van der Waals surface area contributed by atoms with Gasteiger partial charge in [-0.2, -0.15) is 0 Å². The van der Waals surface area contributed by atoms with Crippen LogP contribution in [0.25, 0.3) is 0 Å². The summed E-state index contributed by atoms with van der Waals surface area (Å²) in [7, 11) is 0. The number of thiazole rings is 2. The van der Waals surface area contributed by atoms with Crippen molar-refractivity contribution >= 4 is 68.0 Å². The third kappa shape index (κ3) is 5.71. The van der Waals surface area contributed by atoms with Gasteiger partial charge in [0.25, 0.3) is 11.8 Å². The Hall–Kier alpha value is -3.16. The average molecular weight is 481 g/mol. The lowest BCUT2D eigenvalue weighted by Crippen LogP contribution is -2.12. The Morgan fingerprint density at radius 1 is 0.806 bits per heavy atom. The molecule has 2 amide bonds. The number of thiophene rings is 1. The van der Waals surface area contributed by atoms with Crippen LogP contribution in [0.1, 0.15) is 54.2 Å². The van der Waals surface area contributed by atoms with Crippen molar-refractivity contribution in [2.45, 2.75) is 13.8 Å². The molecule has 2 N–H and O–H groups in total. The summed E-state index contributed by atoms with van der Waals surface area (Å²) >= 11 is 3.15. The predicted octanol–water partition coefficient (Wildman–Crippen LogP) is 3.52. The monoisotopic (exact) mass is 480 g/mol. The van der Waals surface area contributed by atoms with Crippen LogP contribution in [-0.4, -0.2) is 46.9 Å². The summed E-state index contributed by atoms with van der Waals surface area (Å²) in [5.74, 6) is -2.06. The summed E-state index contributed by atoms with van der Waals surface area (Å²) in [6, 6.07) is 3.00. The van der Waals surface area contributed by atoms with E-state index in [1.54, 1.807) is 13.8 Å². The fourth-order valence-corrected chi connectivity index (χ4v) is 4.31. The number of hydrogen-bond acceptors (Lipinski definition) is 11. The van der Waals surface area contributed by atoms with Crippen molar-refractivity contribution in [3.8, 4) is 0 Å². The topological polar surface area (TPSA) is 137 Å². The second kappa shape index (κ2) is 10.2. The summed E-state index contributed by atoms with van der Waals surface area (Å²) in [5, 5.41) is 8.61. The fourth-order valence-electron chi connectivity index (χ4n) is 2.16. The van der Waals surface area contributed by atoms with Crippen molar-refractivity contribution in [2.24, 2.45) is 0 Å². The Labute approximate surface area is 188 Å². The van der Waals surface area contributed by atoms with Gasteiger partial charge in [0.05, 0.1) is 23.0 Å². The van der Waals surface area contributed by atoms with Crippen LogP contribution in [0.15, 0.2) is 22.9 Å². The second-order valence-electron chi connectivity index (χ2n) is 5.59. The number of nitrogens with one attached hydrogen (secondary N) is 2. The molecule has 3 aromatic heterocycles. The van der Waals surface area contributed by atoms with E-state index in [0.717, 1.165) is 34.0 Å². The Balaban J connectivity index is 1.60. The zero-order chi connectivity index (χ0) is 22.4. The lowest BCUT2D eigenvalue weighted by molar-refractivity contribution is 0.0511. The van der Waals surface area contributed by atoms with E-state index in [1.807, 2.05) is 0 Å². The highest BCUT2D eigenvalue weighted by molar-refractivity contribution is 7.17. The number of hydrogen-bond donors (Lipinski definition) is 2. The smallest absolute Gasteiger partial charge is 0.357 e. The predicted molar refractivity (Wildman–Crippen MR) is 116 cm³/mol. The zero-order valence-corrected chi connectivity index (χ0v) is 18.7. The first-order valence-electron chi connectivity index (χ1n) is 8.89. The molecule has 0 aliphatic carbocycles. The van der Waals surface area contributed by atoms with Crippen molar-refractivity contribution in [1.29, 1.82) is 0 Å². The van der Waals surface area contributed by atoms with E-state index in [2.05, 4.69) is 20.6 Å². The molecule has 0 bridgehead atoms. The second-order valence-corrected chi connectivity index (χ2v) is 8.39. The number of anilines is 2. The molecule has 0 radical (unpaired) electrons. The van der Waals surface area contributed by atoms with Crippen LogP contribution < -0.4 is 10.6 Å². The van der Waals surface area contributed by atoms with Gasteiger partial charge < -0.3 is 9.47 Å². The van der Waals surface area contributed by atoms with Gasteiger partial charge in [-0.3, -0.25) is 20.2 Å². The quantitative estimate of drug-likeness (QED) is 0.467. The largest absolute Gasteiger partial charge is 0.461 e. The van der Waals surface area contributed by atoms with Crippen molar-refractivity contribution in [3.05, 3.63) is 44.0 Å². The highest BCUT2D eigenvalue weighted by Gasteiger charge is 2.18. The van der Waals surface area contributed by atoms with Crippen molar-refractivity contribution in [1.82, 2.24) is 9.97 Å². The van der Waals surface area contributed by atoms with E-state index < -0.39 is 23.8 Å². The molecule has 10 nitrogen and oxygen atoms in total. The zero-order valence-electron chi connectivity index (χ0n) is 16.3. The maximum absolute atomic E-state index is 12.4. The minimum Gasteiger partial charge on any atom is -0.461 e. The molecule has 0 aromatic carbocycles. The summed E-state index contributed by atoms with van der Waals surface area (Å²) in [6.07, 6.45) is 0. The first-order chi connectivity index (χ1) is 14.9. The number of esters is 2. The molecular formula is C18H16N4O6S3. The van der Waals surface area contributed by atoms with Crippen LogP contribution in [0, 0.1) is 0 Å². The maximum atomic E-state index is 12.4. The molecule has 0 fully saturated rings. The van der Waals surface area contributed by atoms with Crippen molar-refractivity contribution in [3.63, 3.8) is 0 Å². The molecule has 3 heterocycles. The molecule has 0 aliphatic heterocycles. The van der Waals surface area contributed by atoms with E-state index in [-0.39, 0.29) is 44.6 Å². The van der Waals surface area contributed by atoms with Crippen molar-refractivity contribution in [2.75, 3.05) is 23.8 Å². The molecule has 0 saturated carbocycles. The van der Waals surface area contributed by atoms with E-state index >= 15 is 0 Å². The maximum Gasteiger partial charge on any atom is 0.357 e. The van der Waals surface area contributed by atoms with Crippen LogP contribution in [0.4, 0.5) is 10.3 Å². The molecule has 13 heteroatoms. The average Bonchev–Trinajstić information content (AvgIpc) is 3.49. The molecule has 3 rings (SSSR count). The van der Waals surface area contributed by atoms with Gasteiger partial charge in [-0.25, -0.2) is 19.6 Å². The van der Waals surface area contributed by atoms with Gasteiger partial charge in [0, 0.05) is 10.8 Å². The number of rotatable bonds is 8. The van der Waals surface area contributed by atoms with Crippen molar-refractivity contribution < 1.29 is 28.7 Å². The van der Waals surface area contributed by atoms with Crippen LogP contribution >= 0.6 is 34.0 Å². The number of ether oxygens (including phenoxy) is 2. The van der Waals surface area contributed by atoms with Gasteiger partial charge in [-0.1, -0.05) is 0 Å². The Morgan fingerprint density at radius 3 is 1.61 bits per heavy atom. The van der Waals surface area contributed by atoms with Gasteiger partial charge >= 0.3 is 11.9 Å². The molecule has 162 valence electrons. The number of amides is 2. The first kappa shape index (κ1) is 22.5. The number of carbonyl (C=O) groups excluding carboxylic acids is 4. The standard InChI is InChI=1S/C18H16N4O6S3/c1-3-27-15(25)9-7-29-17(19-9)21-13(23)11-5-6-12(31-11)14(24)22-18-20-10(8-30-18)16(26)28-4-2/h5-8H,3-4H2,1-2H3,(H,19,21,23)(H,20,22,24). The number of carbonyl (C=O) groups is 4. The van der Waals surface area contributed by atoms with Gasteiger partial charge in [0.2, 0.25) is 0 Å². The molecule has 0 atom stereocenters.